The van der Waals surface area contributed by atoms with Gasteiger partial charge in [-0.15, -0.1) is 0 Å². The molecule has 0 bridgehead atoms. The van der Waals surface area contributed by atoms with Crippen LogP contribution in [0.5, 0.6) is 0 Å². The number of aliphatic hydroxyl groups excluding tert-OH is 8. The molecule has 0 rings (SSSR count). The van der Waals surface area contributed by atoms with Crippen LogP contribution in [0.25, 0.3) is 0 Å². The number of aliphatic hydroxyl groups is 8. The van der Waals surface area contributed by atoms with Crippen molar-refractivity contribution in [1.82, 2.24) is 0 Å². The number of carbonyl (C=O) groups is 2. The minimum atomic E-state index is -1.02. The van der Waals surface area contributed by atoms with Crippen molar-refractivity contribution in [3.8, 4) is 0 Å². The highest BCUT2D eigenvalue weighted by Gasteiger charge is 2.14. The Morgan fingerprint density at radius 2 is 0.922 bits per heavy atom. The molecule has 9 N–H and O–H groups in total. The summed E-state index contributed by atoms with van der Waals surface area (Å²) in [6, 6.07) is 0. The SMILES string of the molecule is CCCCCC(O)/C=C/C(O)C(O)CCCCCCCC(=O)O.CCCCCC(O)/C=C/C(O)C(O)CCCCCCCC(=O)OCC(O)CO. The molecule has 0 saturated carbocycles. The van der Waals surface area contributed by atoms with Gasteiger partial charge in [-0.1, -0.05) is 128 Å². The Bertz CT molecular complexity index is 852. The molecule has 0 saturated heterocycles. The minimum Gasteiger partial charge on any atom is -0.481 e. The number of carboxylic acid groups (broad SMARTS) is 1. The summed E-state index contributed by atoms with van der Waals surface area (Å²) in [6.45, 7) is 3.60. The van der Waals surface area contributed by atoms with E-state index in [-0.39, 0.29) is 25.4 Å². The van der Waals surface area contributed by atoms with Gasteiger partial charge in [-0.25, -0.2) is 0 Å². The van der Waals surface area contributed by atoms with Crippen molar-refractivity contribution in [2.45, 2.75) is 198 Å². The summed E-state index contributed by atoms with van der Waals surface area (Å²) in [6.07, 6.45) is 17.9. The number of unbranched alkanes of at least 4 members (excludes halogenated alkanes) is 12. The van der Waals surface area contributed by atoms with Gasteiger partial charge in [0.25, 0.3) is 0 Å². The lowest BCUT2D eigenvalue weighted by Crippen LogP contribution is -2.24. The van der Waals surface area contributed by atoms with E-state index < -0.39 is 55.3 Å². The van der Waals surface area contributed by atoms with E-state index in [4.69, 9.17) is 20.1 Å². The maximum atomic E-state index is 11.4. The van der Waals surface area contributed by atoms with Crippen molar-refractivity contribution in [3.05, 3.63) is 24.3 Å². The molecule has 7 atom stereocenters. The zero-order valence-electron chi connectivity index (χ0n) is 31.6. The summed E-state index contributed by atoms with van der Waals surface area (Å²) in [5.41, 5.74) is 0. The molecule has 0 amide bonds. The fraction of sp³-hybridized carbons (Fsp3) is 0.846. The Labute approximate surface area is 307 Å². The number of aliphatic carboxylic acids is 1. The van der Waals surface area contributed by atoms with Crippen LogP contribution >= 0.6 is 0 Å². The Kier molecular flexibility index (Phi) is 36.6. The number of rotatable bonds is 33. The van der Waals surface area contributed by atoms with Crippen LogP contribution in [0.1, 0.15) is 155 Å². The average molecular weight is 735 g/mol. The molecule has 302 valence electrons. The van der Waals surface area contributed by atoms with Crippen LogP contribution < -0.4 is 0 Å². The molecule has 7 unspecified atom stereocenters. The third kappa shape index (κ3) is 36.3. The molecule has 0 aliphatic rings. The van der Waals surface area contributed by atoms with Gasteiger partial charge < -0.3 is 50.7 Å². The third-order valence-electron chi connectivity index (χ3n) is 8.47. The fourth-order valence-electron chi connectivity index (χ4n) is 5.11. The Morgan fingerprint density at radius 1 is 0.529 bits per heavy atom. The van der Waals surface area contributed by atoms with Gasteiger partial charge in [-0.3, -0.25) is 9.59 Å². The molecule has 0 aliphatic carbocycles. The van der Waals surface area contributed by atoms with Gasteiger partial charge in [0.15, 0.2) is 0 Å². The van der Waals surface area contributed by atoms with Gasteiger partial charge in [0, 0.05) is 12.8 Å². The van der Waals surface area contributed by atoms with E-state index in [9.17, 15) is 40.2 Å². The number of hydrogen-bond donors (Lipinski definition) is 9. The van der Waals surface area contributed by atoms with E-state index >= 15 is 0 Å². The standard InChI is InChI=1S/C21H40O7.C18H34O5/c1-2-3-7-10-17(23)13-14-20(26)19(25)11-8-5-4-6-9-12-21(27)28-16-18(24)15-22;1-2-3-7-10-15(19)13-14-17(21)16(20)11-8-5-4-6-9-12-18(22)23/h13-14,17-20,22-26H,2-12,15-16H2,1H3;13-17,19-21H,2-12H2,1H3,(H,22,23)/b2*14-13+. The summed E-state index contributed by atoms with van der Waals surface area (Å²) in [4.78, 5) is 21.7. The smallest absolute Gasteiger partial charge is 0.305 e. The van der Waals surface area contributed by atoms with Gasteiger partial charge in [0.2, 0.25) is 0 Å². The number of carbonyl (C=O) groups excluding carboxylic acids is 1. The van der Waals surface area contributed by atoms with E-state index in [1.54, 1.807) is 12.2 Å². The Morgan fingerprint density at radius 3 is 1.33 bits per heavy atom. The topological polar surface area (TPSA) is 225 Å². The van der Waals surface area contributed by atoms with Gasteiger partial charge in [-0.05, 0) is 38.5 Å². The first-order valence-corrected chi connectivity index (χ1v) is 19.5. The molecule has 12 heteroatoms. The van der Waals surface area contributed by atoms with Crippen molar-refractivity contribution in [2.24, 2.45) is 0 Å². The molecular formula is C39H74O12. The van der Waals surface area contributed by atoms with Crippen LogP contribution in [0.4, 0.5) is 0 Å². The molecule has 0 aliphatic heterocycles. The summed E-state index contributed by atoms with van der Waals surface area (Å²) in [5.74, 6) is -1.14. The van der Waals surface area contributed by atoms with Crippen molar-refractivity contribution >= 4 is 11.9 Å². The Balaban J connectivity index is 0. The normalized spacial score (nSPS) is 15.9. The first-order chi connectivity index (χ1) is 24.4. The largest absolute Gasteiger partial charge is 0.481 e. The second kappa shape index (κ2) is 36.5. The molecule has 0 spiro atoms. The van der Waals surface area contributed by atoms with E-state index in [2.05, 4.69) is 13.8 Å². The van der Waals surface area contributed by atoms with Gasteiger partial charge in [0.05, 0.1) is 43.2 Å². The number of hydrogen-bond acceptors (Lipinski definition) is 11. The van der Waals surface area contributed by atoms with Gasteiger partial charge >= 0.3 is 11.9 Å². The third-order valence-corrected chi connectivity index (χ3v) is 8.47. The highest BCUT2D eigenvalue weighted by Crippen LogP contribution is 2.14. The second-order valence-electron chi connectivity index (χ2n) is 13.5. The highest BCUT2D eigenvalue weighted by molar-refractivity contribution is 5.69. The zero-order valence-corrected chi connectivity index (χ0v) is 31.6. The second-order valence-corrected chi connectivity index (χ2v) is 13.5. The van der Waals surface area contributed by atoms with Crippen LogP contribution in [0.15, 0.2) is 24.3 Å². The zero-order chi connectivity index (χ0) is 38.7. The number of ether oxygens (including phenoxy) is 1. The number of esters is 1. The monoisotopic (exact) mass is 735 g/mol. The predicted octanol–water partition coefficient (Wildman–Crippen LogP) is 4.85. The summed E-state index contributed by atoms with van der Waals surface area (Å²) < 4.78 is 4.81. The average Bonchev–Trinajstić information content (AvgIpc) is 3.10. The number of carboxylic acids is 1. The summed E-state index contributed by atoms with van der Waals surface area (Å²) >= 11 is 0. The predicted molar refractivity (Wildman–Crippen MR) is 199 cm³/mol. The van der Waals surface area contributed by atoms with E-state index in [0.717, 1.165) is 89.9 Å². The molecule has 12 nitrogen and oxygen atoms in total. The van der Waals surface area contributed by atoms with Crippen LogP contribution in [0.3, 0.4) is 0 Å². The lowest BCUT2D eigenvalue weighted by atomic mass is 10.0. The maximum Gasteiger partial charge on any atom is 0.305 e. The lowest BCUT2D eigenvalue weighted by Gasteiger charge is -2.15. The highest BCUT2D eigenvalue weighted by atomic mass is 16.5. The van der Waals surface area contributed by atoms with Crippen LogP contribution in [0.2, 0.25) is 0 Å². The quantitative estimate of drug-likeness (QED) is 0.0251. The summed E-state index contributed by atoms with van der Waals surface area (Å²) in [7, 11) is 0. The maximum absolute atomic E-state index is 11.4. The van der Waals surface area contributed by atoms with Crippen molar-refractivity contribution in [2.75, 3.05) is 13.2 Å². The van der Waals surface area contributed by atoms with E-state index in [1.807, 2.05) is 0 Å². The molecule has 0 aromatic rings. The van der Waals surface area contributed by atoms with Crippen molar-refractivity contribution < 1.29 is 60.3 Å². The Hall–Kier alpha value is -1.90. The molecule has 0 fully saturated rings. The summed E-state index contributed by atoms with van der Waals surface area (Å²) in [5, 5.41) is 85.3. The van der Waals surface area contributed by atoms with E-state index in [1.165, 1.54) is 12.2 Å². The first kappa shape index (κ1) is 51.2. The van der Waals surface area contributed by atoms with Crippen LogP contribution in [-0.2, 0) is 14.3 Å². The van der Waals surface area contributed by atoms with E-state index in [0.29, 0.717) is 38.5 Å². The lowest BCUT2D eigenvalue weighted by molar-refractivity contribution is -0.147. The molecule has 0 heterocycles. The fourth-order valence-corrected chi connectivity index (χ4v) is 5.11. The molecular weight excluding hydrogens is 660 g/mol. The minimum absolute atomic E-state index is 0.181. The molecule has 51 heavy (non-hydrogen) atoms. The van der Waals surface area contributed by atoms with Gasteiger partial charge in [0.1, 0.15) is 12.7 Å². The van der Waals surface area contributed by atoms with Crippen LogP contribution in [-0.4, -0.2) is 114 Å². The van der Waals surface area contributed by atoms with Crippen molar-refractivity contribution in [3.63, 3.8) is 0 Å². The van der Waals surface area contributed by atoms with Crippen molar-refractivity contribution in [1.29, 1.82) is 0 Å². The van der Waals surface area contributed by atoms with Crippen LogP contribution in [0, 0.1) is 0 Å². The first-order valence-electron chi connectivity index (χ1n) is 19.5. The molecule has 0 aromatic heterocycles. The molecule has 0 radical (unpaired) electrons. The van der Waals surface area contributed by atoms with Gasteiger partial charge in [-0.2, -0.15) is 0 Å². The molecule has 0 aromatic carbocycles.